The van der Waals surface area contributed by atoms with Gasteiger partial charge in [-0.15, -0.1) is 0 Å². The van der Waals surface area contributed by atoms with Gasteiger partial charge in [-0.2, -0.15) is 0 Å². The van der Waals surface area contributed by atoms with Gasteiger partial charge in [0, 0.05) is 48.6 Å². The highest BCUT2D eigenvalue weighted by Crippen LogP contribution is 2.45. The standard InChI is InChI=1S/C30H34ClN3O6/c1-4-39-27(36)16-19-10-14-33(15-11-19)26(35)18-25-23-6-5-13-34(23)22-8-7-20(31)17-21(22)29(40-25)28-30(38-3)24(37-2)9-12-32-28/h5-9,12-13,17,19,25,29H,4,10-11,14-16,18H2,1-3H3. The summed E-state index contributed by atoms with van der Waals surface area (Å²) in [7, 11) is 3.14. The first-order valence-corrected chi connectivity index (χ1v) is 13.9. The first-order chi connectivity index (χ1) is 19.4. The number of ether oxygens (including phenoxy) is 4. The Hall–Kier alpha value is -3.56. The fraction of sp³-hybridized carbons (Fsp3) is 0.433. The zero-order valence-electron chi connectivity index (χ0n) is 23.0. The lowest BCUT2D eigenvalue weighted by Crippen LogP contribution is -2.39. The van der Waals surface area contributed by atoms with Gasteiger partial charge in [0.15, 0.2) is 11.5 Å². The molecule has 9 nitrogen and oxygen atoms in total. The average Bonchev–Trinajstić information content (AvgIpc) is 3.40. The second-order valence-electron chi connectivity index (χ2n) is 9.98. The van der Waals surface area contributed by atoms with Gasteiger partial charge in [0.05, 0.1) is 38.6 Å². The molecule has 0 spiro atoms. The Kier molecular flexibility index (Phi) is 8.61. The minimum atomic E-state index is -0.674. The molecule has 2 aliphatic heterocycles. The number of halogens is 1. The van der Waals surface area contributed by atoms with Crippen LogP contribution in [0.15, 0.2) is 48.8 Å². The number of carbonyl (C=O) groups excluding carboxylic acids is 2. The number of amides is 1. The normalized spacial score (nSPS) is 18.9. The Balaban J connectivity index is 1.43. The first-order valence-electron chi connectivity index (χ1n) is 13.6. The van der Waals surface area contributed by atoms with E-state index in [-0.39, 0.29) is 24.2 Å². The SMILES string of the molecule is CCOC(=O)CC1CCN(C(=O)CC2OC(c3nccc(OC)c3OC)c3cc(Cl)ccc3-n3cccc32)CC1. The molecule has 10 heteroatoms. The van der Waals surface area contributed by atoms with Crippen molar-refractivity contribution in [1.82, 2.24) is 14.5 Å². The topological polar surface area (TPSA) is 92.1 Å². The number of pyridine rings is 1. The zero-order valence-corrected chi connectivity index (χ0v) is 23.7. The van der Waals surface area contributed by atoms with Crippen molar-refractivity contribution in [2.24, 2.45) is 5.92 Å². The third-order valence-electron chi connectivity index (χ3n) is 7.60. The van der Waals surface area contributed by atoms with E-state index in [1.165, 1.54) is 0 Å². The summed E-state index contributed by atoms with van der Waals surface area (Å²) in [5.74, 6) is 1.04. The highest BCUT2D eigenvalue weighted by molar-refractivity contribution is 6.30. The summed E-state index contributed by atoms with van der Waals surface area (Å²) in [4.78, 5) is 32.0. The van der Waals surface area contributed by atoms with Gasteiger partial charge in [-0.1, -0.05) is 11.6 Å². The fourth-order valence-electron chi connectivity index (χ4n) is 5.63. The van der Waals surface area contributed by atoms with E-state index in [2.05, 4.69) is 4.98 Å². The van der Waals surface area contributed by atoms with E-state index in [4.69, 9.17) is 30.5 Å². The van der Waals surface area contributed by atoms with E-state index < -0.39 is 12.2 Å². The summed E-state index contributed by atoms with van der Waals surface area (Å²) in [6.45, 7) is 3.39. The molecular formula is C30H34ClN3O6. The largest absolute Gasteiger partial charge is 0.493 e. The highest BCUT2D eigenvalue weighted by Gasteiger charge is 2.36. The van der Waals surface area contributed by atoms with Gasteiger partial charge >= 0.3 is 5.97 Å². The maximum atomic E-state index is 13.6. The molecule has 212 valence electrons. The smallest absolute Gasteiger partial charge is 0.306 e. The number of fused-ring (bicyclic) bond motifs is 3. The maximum absolute atomic E-state index is 13.6. The quantitative estimate of drug-likeness (QED) is 0.342. The molecule has 40 heavy (non-hydrogen) atoms. The molecule has 5 rings (SSSR count). The molecular weight excluding hydrogens is 534 g/mol. The number of esters is 1. The van der Waals surface area contributed by atoms with Crippen LogP contribution in [0.2, 0.25) is 5.02 Å². The molecule has 0 bridgehead atoms. The van der Waals surface area contributed by atoms with Crippen molar-refractivity contribution in [1.29, 1.82) is 0 Å². The number of carbonyl (C=O) groups is 2. The van der Waals surface area contributed by atoms with Gasteiger partial charge in [-0.25, -0.2) is 0 Å². The molecule has 2 aromatic heterocycles. The van der Waals surface area contributed by atoms with Crippen LogP contribution in [0.4, 0.5) is 0 Å². The second kappa shape index (κ2) is 12.3. The van der Waals surface area contributed by atoms with Crippen molar-refractivity contribution in [3.63, 3.8) is 0 Å². The minimum absolute atomic E-state index is 0.000592. The molecule has 1 aromatic carbocycles. The van der Waals surface area contributed by atoms with E-state index in [9.17, 15) is 9.59 Å². The van der Waals surface area contributed by atoms with E-state index in [0.717, 1.165) is 29.8 Å². The number of rotatable bonds is 8. The summed E-state index contributed by atoms with van der Waals surface area (Å²) in [5, 5.41) is 0.558. The van der Waals surface area contributed by atoms with Crippen LogP contribution in [0.25, 0.3) is 5.69 Å². The Morgan fingerprint density at radius 3 is 2.62 bits per heavy atom. The van der Waals surface area contributed by atoms with E-state index >= 15 is 0 Å². The van der Waals surface area contributed by atoms with Crippen molar-refractivity contribution < 1.29 is 28.5 Å². The van der Waals surface area contributed by atoms with Crippen LogP contribution in [0.1, 0.15) is 61.8 Å². The Morgan fingerprint density at radius 1 is 1.10 bits per heavy atom. The van der Waals surface area contributed by atoms with E-state index in [1.807, 2.05) is 52.9 Å². The summed E-state index contributed by atoms with van der Waals surface area (Å²) in [6.07, 6.45) is 4.46. The Labute approximate surface area is 238 Å². The Bertz CT molecular complexity index is 1370. The van der Waals surface area contributed by atoms with Crippen molar-refractivity contribution in [2.75, 3.05) is 33.9 Å². The number of benzene rings is 1. The predicted octanol–water partition coefficient (Wildman–Crippen LogP) is 5.29. The average molecular weight is 568 g/mol. The van der Waals surface area contributed by atoms with Crippen molar-refractivity contribution in [3.8, 4) is 17.2 Å². The van der Waals surface area contributed by atoms with Gasteiger partial charge in [0.25, 0.3) is 0 Å². The summed E-state index contributed by atoms with van der Waals surface area (Å²) in [6, 6.07) is 11.3. The summed E-state index contributed by atoms with van der Waals surface area (Å²) < 4.78 is 25.2. The number of piperidine rings is 1. The van der Waals surface area contributed by atoms with Crippen LogP contribution in [-0.2, 0) is 19.1 Å². The highest BCUT2D eigenvalue weighted by atomic mass is 35.5. The number of likely N-dealkylation sites (tertiary alicyclic amines) is 1. The summed E-state index contributed by atoms with van der Waals surface area (Å²) in [5.41, 5.74) is 3.08. The molecule has 2 atom stereocenters. The minimum Gasteiger partial charge on any atom is -0.493 e. The predicted molar refractivity (Wildman–Crippen MR) is 149 cm³/mol. The maximum Gasteiger partial charge on any atom is 0.306 e. The molecule has 0 radical (unpaired) electrons. The third-order valence-corrected chi connectivity index (χ3v) is 7.83. The molecule has 0 saturated carbocycles. The number of nitrogens with zero attached hydrogens (tertiary/aromatic N) is 3. The van der Waals surface area contributed by atoms with Crippen LogP contribution >= 0.6 is 11.6 Å². The molecule has 0 aliphatic carbocycles. The molecule has 2 aliphatic rings. The third kappa shape index (κ3) is 5.67. The number of hydrogen-bond acceptors (Lipinski definition) is 7. The molecule has 2 unspecified atom stereocenters. The first kappa shape index (κ1) is 28.0. The van der Waals surface area contributed by atoms with Crippen molar-refractivity contribution >= 4 is 23.5 Å². The number of hydrogen-bond donors (Lipinski definition) is 0. The Morgan fingerprint density at radius 2 is 1.90 bits per heavy atom. The lowest BCUT2D eigenvalue weighted by atomic mass is 9.93. The van der Waals surface area contributed by atoms with E-state index in [0.29, 0.717) is 48.3 Å². The van der Waals surface area contributed by atoms with Crippen molar-refractivity contribution in [2.45, 2.75) is 44.8 Å². The second-order valence-corrected chi connectivity index (χ2v) is 10.4. The van der Waals surface area contributed by atoms with Gasteiger partial charge in [-0.3, -0.25) is 14.6 Å². The van der Waals surface area contributed by atoms with Crippen LogP contribution in [-0.4, -0.2) is 60.2 Å². The van der Waals surface area contributed by atoms with Gasteiger partial charge in [0.2, 0.25) is 5.91 Å². The molecule has 1 saturated heterocycles. The van der Waals surface area contributed by atoms with Gasteiger partial charge < -0.3 is 28.4 Å². The van der Waals surface area contributed by atoms with Crippen LogP contribution in [0.3, 0.4) is 0 Å². The summed E-state index contributed by atoms with van der Waals surface area (Å²) >= 11 is 6.47. The van der Waals surface area contributed by atoms with Crippen LogP contribution < -0.4 is 9.47 Å². The lowest BCUT2D eigenvalue weighted by Gasteiger charge is -2.33. The van der Waals surface area contributed by atoms with Gasteiger partial charge in [-0.05, 0) is 56.0 Å². The zero-order chi connectivity index (χ0) is 28.2. The molecule has 1 fully saturated rings. The molecule has 3 aromatic rings. The lowest BCUT2D eigenvalue weighted by molar-refractivity contribution is -0.144. The number of aromatic nitrogens is 2. The van der Waals surface area contributed by atoms with Crippen LogP contribution in [0.5, 0.6) is 11.5 Å². The molecule has 4 heterocycles. The van der Waals surface area contributed by atoms with Gasteiger partial charge in [0.1, 0.15) is 17.9 Å². The van der Waals surface area contributed by atoms with Crippen LogP contribution in [0, 0.1) is 5.92 Å². The van der Waals surface area contributed by atoms with Crippen molar-refractivity contribution in [3.05, 3.63) is 70.8 Å². The fourth-order valence-corrected chi connectivity index (χ4v) is 5.81. The number of methoxy groups -OCH3 is 2. The molecule has 0 N–H and O–H groups in total. The van der Waals surface area contributed by atoms with E-state index in [1.54, 1.807) is 26.5 Å². The monoisotopic (exact) mass is 567 g/mol. The molecule has 1 amide bonds.